The Morgan fingerprint density at radius 2 is 1.63 bits per heavy atom. The van der Waals surface area contributed by atoms with Crippen LogP contribution in [0.2, 0.25) is 5.02 Å². The standard InChI is InChI=1S/C24H28ClN3O2/c1-18(29)27-13-15-28(16-14-27)22-10-9-20(17-21(22)25)26-23(30)24(11-5-6-12-24)19-7-3-2-4-8-19/h2-4,7-10,17H,5-6,11-16H2,1H3,(H,26,30). The molecule has 0 unspecified atom stereocenters. The van der Waals surface area contributed by atoms with Crippen LogP contribution in [0.3, 0.4) is 0 Å². The zero-order chi connectivity index (χ0) is 21.1. The van der Waals surface area contributed by atoms with Crippen molar-refractivity contribution < 1.29 is 9.59 Å². The van der Waals surface area contributed by atoms with Crippen LogP contribution >= 0.6 is 11.6 Å². The van der Waals surface area contributed by atoms with Crippen molar-refractivity contribution >= 4 is 34.8 Å². The first-order chi connectivity index (χ1) is 14.5. The second-order valence-corrected chi connectivity index (χ2v) is 8.68. The molecule has 1 aliphatic heterocycles. The molecule has 4 rings (SSSR count). The number of anilines is 2. The number of carbonyl (C=O) groups excluding carboxylic acids is 2. The van der Waals surface area contributed by atoms with E-state index in [0.29, 0.717) is 18.1 Å². The van der Waals surface area contributed by atoms with Crippen LogP contribution in [-0.2, 0) is 15.0 Å². The highest BCUT2D eigenvalue weighted by molar-refractivity contribution is 6.33. The molecule has 0 radical (unpaired) electrons. The van der Waals surface area contributed by atoms with Gasteiger partial charge in [-0.3, -0.25) is 9.59 Å². The number of halogens is 1. The predicted molar refractivity (Wildman–Crippen MR) is 121 cm³/mol. The molecule has 2 amide bonds. The molecule has 6 heteroatoms. The average molecular weight is 426 g/mol. The van der Waals surface area contributed by atoms with Crippen molar-refractivity contribution in [2.75, 3.05) is 36.4 Å². The van der Waals surface area contributed by atoms with Crippen molar-refractivity contribution in [1.82, 2.24) is 4.90 Å². The van der Waals surface area contributed by atoms with Crippen LogP contribution in [0.15, 0.2) is 48.5 Å². The van der Waals surface area contributed by atoms with Crippen LogP contribution in [0.25, 0.3) is 0 Å². The van der Waals surface area contributed by atoms with E-state index in [1.54, 1.807) is 6.92 Å². The molecule has 2 fully saturated rings. The van der Waals surface area contributed by atoms with E-state index in [-0.39, 0.29) is 11.8 Å². The summed E-state index contributed by atoms with van der Waals surface area (Å²) in [6.45, 7) is 4.50. The summed E-state index contributed by atoms with van der Waals surface area (Å²) in [4.78, 5) is 28.9. The molecular formula is C24H28ClN3O2. The van der Waals surface area contributed by atoms with Crippen molar-refractivity contribution in [2.24, 2.45) is 0 Å². The molecule has 30 heavy (non-hydrogen) atoms. The average Bonchev–Trinajstić information content (AvgIpc) is 3.26. The van der Waals surface area contributed by atoms with E-state index in [1.165, 1.54) is 0 Å². The minimum absolute atomic E-state index is 0.0464. The fourth-order valence-corrected chi connectivity index (χ4v) is 5.04. The minimum atomic E-state index is -0.463. The Labute approximate surface area is 183 Å². The van der Waals surface area contributed by atoms with Gasteiger partial charge in [0.25, 0.3) is 0 Å². The van der Waals surface area contributed by atoms with E-state index >= 15 is 0 Å². The van der Waals surface area contributed by atoms with Gasteiger partial charge in [0.1, 0.15) is 0 Å². The van der Waals surface area contributed by atoms with Gasteiger partial charge in [0, 0.05) is 38.8 Å². The molecule has 1 heterocycles. The first-order valence-electron chi connectivity index (χ1n) is 10.7. The molecule has 1 aliphatic carbocycles. The summed E-state index contributed by atoms with van der Waals surface area (Å²) >= 11 is 6.58. The number of rotatable bonds is 4. The third kappa shape index (κ3) is 4.04. The van der Waals surface area contributed by atoms with Crippen LogP contribution in [0.1, 0.15) is 38.2 Å². The zero-order valence-corrected chi connectivity index (χ0v) is 18.1. The second-order valence-electron chi connectivity index (χ2n) is 8.27. The Hall–Kier alpha value is -2.53. The molecule has 0 atom stereocenters. The smallest absolute Gasteiger partial charge is 0.235 e. The maximum Gasteiger partial charge on any atom is 0.235 e. The summed E-state index contributed by atoms with van der Waals surface area (Å²) in [7, 11) is 0. The van der Waals surface area contributed by atoms with E-state index in [4.69, 9.17) is 11.6 Å². The van der Waals surface area contributed by atoms with E-state index in [9.17, 15) is 9.59 Å². The fourth-order valence-electron chi connectivity index (χ4n) is 4.74. The van der Waals surface area contributed by atoms with Gasteiger partial charge in [-0.1, -0.05) is 54.8 Å². The molecule has 5 nitrogen and oxygen atoms in total. The Bertz CT molecular complexity index is 917. The van der Waals surface area contributed by atoms with Crippen molar-refractivity contribution in [1.29, 1.82) is 0 Å². The lowest BCUT2D eigenvalue weighted by molar-refractivity contribution is -0.129. The van der Waals surface area contributed by atoms with Gasteiger partial charge in [0.05, 0.1) is 16.1 Å². The summed E-state index contributed by atoms with van der Waals surface area (Å²) < 4.78 is 0. The SMILES string of the molecule is CC(=O)N1CCN(c2ccc(NC(=O)C3(c4ccccc4)CCCC3)cc2Cl)CC1. The topological polar surface area (TPSA) is 52.7 Å². The molecule has 0 aromatic heterocycles. The molecule has 0 spiro atoms. The normalized spacial score (nSPS) is 18.3. The number of piperazine rings is 1. The van der Waals surface area contributed by atoms with Gasteiger partial charge >= 0.3 is 0 Å². The van der Waals surface area contributed by atoms with Crippen molar-refractivity contribution in [3.63, 3.8) is 0 Å². The lowest BCUT2D eigenvalue weighted by Crippen LogP contribution is -2.48. The summed E-state index contributed by atoms with van der Waals surface area (Å²) in [5.41, 5.74) is 2.29. The number of carbonyl (C=O) groups is 2. The van der Waals surface area contributed by atoms with Gasteiger partial charge in [0.15, 0.2) is 0 Å². The number of nitrogens with one attached hydrogen (secondary N) is 1. The Kier molecular flexibility index (Phi) is 6.00. The third-order valence-corrected chi connectivity index (χ3v) is 6.79. The first kappa shape index (κ1) is 20.7. The second kappa shape index (κ2) is 8.68. The molecule has 1 saturated carbocycles. The number of nitrogens with zero attached hydrogens (tertiary/aromatic N) is 2. The monoisotopic (exact) mass is 425 g/mol. The van der Waals surface area contributed by atoms with Crippen LogP contribution in [0.4, 0.5) is 11.4 Å². The molecular weight excluding hydrogens is 398 g/mol. The van der Waals surface area contributed by atoms with Crippen LogP contribution < -0.4 is 10.2 Å². The lowest BCUT2D eigenvalue weighted by atomic mass is 9.78. The largest absolute Gasteiger partial charge is 0.367 e. The van der Waals surface area contributed by atoms with Crippen LogP contribution in [0, 0.1) is 0 Å². The van der Waals surface area contributed by atoms with Crippen molar-refractivity contribution in [3.05, 3.63) is 59.1 Å². The summed E-state index contributed by atoms with van der Waals surface area (Å²) in [5.74, 6) is 0.156. The minimum Gasteiger partial charge on any atom is -0.367 e. The van der Waals surface area contributed by atoms with E-state index in [1.807, 2.05) is 41.3 Å². The molecule has 0 bridgehead atoms. The lowest BCUT2D eigenvalue weighted by Gasteiger charge is -2.36. The van der Waals surface area contributed by atoms with Gasteiger partial charge in [-0.05, 0) is 36.6 Å². The number of amides is 2. The maximum atomic E-state index is 13.3. The highest BCUT2D eigenvalue weighted by atomic mass is 35.5. The first-order valence-corrected chi connectivity index (χ1v) is 11.0. The van der Waals surface area contributed by atoms with Gasteiger partial charge in [-0.25, -0.2) is 0 Å². The summed E-state index contributed by atoms with van der Waals surface area (Å²) in [5, 5.41) is 3.74. The molecule has 158 valence electrons. The quantitative estimate of drug-likeness (QED) is 0.786. The Balaban J connectivity index is 1.48. The molecule has 2 aromatic rings. The van der Waals surface area contributed by atoms with Gasteiger partial charge in [0.2, 0.25) is 11.8 Å². The van der Waals surface area contributed by atoms with E-state index in [2.05, 4.69) is 22.3 Å². The zero-order valence-electron chi connectivity index (χ0n) is 17.4. The van der Waals surface area contributed by atoms with Crippen molar-refractivity contribution in [3.8, 4) is 0 Å². The van der Waals surface area contributed by atoms with E-state index < -0.39 is 5.41 Å². The summed E-state index contributed by atoms with van der Waals surface area (Å²) in [6.07, 6.45) is 3.87. The Morgan fingerprint density at radius 3 is 2.23 bits per heavy atom. The summed E-state index contributed by atoms with van der Waals surface area (Å²) in [6, 6.07) is 15.8. The fraction of sp³-hybridized carbons (Fsp3) is 0.417. The molecule has 2 aliphatic rings. The van der Waals surface area contributed by atoms with Crippen molar-refractivity contribution in [2.45, 2.75) is 38.0 Å². The van der Waals surface area contributed by atoms with Gasteiger partial charge < -0.3 is 15.1 Å². The number of hydrogen-bond donors (Lipinski definition) is 1. The molecule has 1 saturated heterocycles. The van der Waals surface area contributed by atoms with Crippen LogP contribution in [0.5, 0.6) is 0 Å². The third-order valence-electron chi connectivity index (χ3n) is 6.49. The van der Waals surface area contributed by atoms with Gasteiger partial charge in [-0.15, -0.1) is 0 Å². The number of hydrogen-bond acceptors (Lipinski definition) is 3. The number of benzene rings is 2. The Morgan fingerprint density at radius 1 is 0.967 bits per heavy atom. The highest BCUT2D eigenvalue weighted by Crippen LogP contribution is 2.42. The molecule has 2 aromatic carbocycles. The maximum absolute atomic E-state index is 13.3. The molecule has 1 N–H and O–H groups in total. The predicted octanol–water partition coefficient (Wildman–Crippen LogP) is 4.46. The van der Waals surface area contributed by atoms with Gasteiger partial charge in [-0.2, -0.15) is 0 Å². The van der Waals surface area contributed by atoms with E-state index in [0.717, 1.165) is 55.7 Å². The highest BCUT2D eigenvalue weighted by Gasteiger charge is 2.42. The van der Waals surface area contributed by atoms with Crippen LogP contribution in [-0.4, -0.2) is 42.9 Å².